The fourth-order valence-corrected chi connectivity index (χ4v) is 2.25. The van der Waals surface area contributed by atoms with E-state index in [4.69, 9.17) is 19.3 Å². The van der Waals surface area contributed by atoms with Crippen molar-refractivity contribution < 1.29 is 24.1 Å². The van der Waals surface area contributed by atoms with E-state index in [0.29, 0.717) is 34.2 Å². The van der Waals surface area contributed by atoms with Crippen LogP contribution in [0.3, 0.4) is 0 Å². The molecular formula is C18H20N2O5. The van der Waals surface area contributed by atoms with E-state index >= 15 is 0 Å². The number of hydrazone groups is 1. The van der Waals surface area contributed by atoms with E-state index in [1.165, 1.54) is 12.1 Å². The van der Waals surface area contributed by atoms with Crippen molar-refractivity contribution in [2.24, 2.45) is 5.10 Å². The number of hydrogen-bond donors (Lipinski definition) is 2. The highest BCUT2D eigenvalue weighted by Crippen LogP contribution is 2.34. The fraction of sp³-hybridized carbons (Fsp3) is 0.222. The van der Waals surface area contributed by atoms with Crippen molar-refractivity contribution in [1.82, 2.24) is 0 Å². The van der Waals surface area contributed by atoms with E-state index in [1.54, 1.807) is 45.6 Å². The molecule has 25 heavy (non-hydrogen) atoms. The summed E-state index contributed by atoms with van der Waals surface area (Å²) in [6.45, 7) is 1.81. The van der Waals surface area contributed by atoms with E-state index in [1.807, 2.05) is 6.92 Å². The first-order valence-corrected chi connectivity index (χ1v) is 7.44. The van der Waals surface area contributed by atoms with Crippen molar-refractivity contribution in [2.45, 2.75) is 6.92 Å². The molecule has 0 atom stereocenters. The van der Waals surface area contributed by atoms with Gasteiger partial charge in [0.2, 0.25) is 0 Å². The van der Waals surface area contributed by atoms with Crippen LogP contribution in [0, 0.1) is 0 Å². The number of nitrogens with zero attached hydrogens (tertiary/aromatic N) is 1. The van der Waals surface area contributed by atoms with Crippen molar-refractivity contribution in [3.63, 3.8) is 0 Å². The Balaban J connectivity index is 2.31. The number of hydrogen-bond acceptors (Lipinski definition) is 6. The van der Waals surface area contributed by atoms with E-state index < -0.39 is 5.97 Å². The van der Waals surface area contributed by atoms with Crippen LogP contribution in [-0.4, -0.2) is 38.1 Å². The van der Waals surface area contributed by atoms with Crippen LogP contribution in [0.2, 0.25) is 0 Å². The lowest BCUT2D eigenvalue weighted by molar-refractivity contribution is 0.0697. The van der Waals surface area contributed by atoms with Gasteiger partial charge in [-0.25, -0.2) is 4.79 Å². The minimum absolute atomic E-state index is 0.213. The third-order valence-electron chi connectivity index (χ3n) is 3.56. The summed E-state index contributed by atoms with van der Waals surface area (Å²) in [6.07, 6.45) is 0. The summed E-state index contributed by atoms with van der Waals surface area (Å²) >= 11 is 0. The van der Waals surface area contributed by atoms with Gasteiger partial charge in [-0.15, -0.1) is 0 Å². The van der Waals surface area contributed by atoms with Gasteiger partial charge in [0, 0.05) is 12.1 Å². The molecule has 2 N–H and O–H groups in total. The standard InChI is InChI=1S/C18H20N2O5/c1-11(19-20-13-7-5-12(6-8-13)18(21)22)17-15(24-3)9-14(23-2)10-16(17)25-4/h5-10,20H,1-4H3,(H,21,22)/b19-11-. The SMILES string of the molecule is COc1cc(OC)c(/C(C)=N\Nc2ccc(C(=O)O)cc2)c(OC)c1. The molecule has 0 unspecified atom stereocenters. The number of carbonyl (C=O) groups is 1. The van der Waals surface area contributed by atoms with E-state index in [-0.39, 0.29) is 5.56 Å². The molecule has 0 aliphatic carbocycles. The summed E-state index contributed by atoms with van der Waals surface area (Å²) in [6, 6.07) is 9.79. The Morgan fingerprint density at radius 2 is 1.56 bits per heavy atom. The Morgan fingerprint density at radius 3 is 2.00 bits per heavy atom. The molecule has 0 saturated heterocycles. The van der Waals surface area contributed by atoms with E-state index in [9.17, 15) is 4.79 Å². The average molecular weight is 344 g/mol. The molecule has 0 heterocycles. The summed E-state index contributed by atoms with van der Waals surface area (Å²) in [7, 11) is 4.68. The Morgan fingerprint density at radius 1 is 1.00 bits per heavy atom. The highest BCUT2D eigenvalue weighted by Gasteiger charge is 2.16. The molecule has 0 amide bonds. The molecule has 0 aromatic heterocycles. The van der Waals surface area contributed by atoms with Crippen LogP contribution in [-0.2, 0) is 0 Å². The summed E-state index contributed by atoms with van der Waals surface area (Å²) < 4.78 is 16.1. The molecule has 2 rings (SSSR count). The minimum atomic E-state index is -0.973. The molecule has 132 valence electrons. The first kappa shape index (κ1) is 18.1. The molecule has 0 radical (unpaired) electrons. The Hall–Kier alpha value is -3.22. The zero-order chi connectivity index (χ0) is 18.4. The largest absolute Gasteiger partial charge is 0.496 e. The van der Waals surface area contributed by atoms with Gasteiger partial charge in [-0.1, -0.05) is 0 Å². The van der Waals surface area contributed by atoms with Crippen LogP contribution < -0.4 is 19.6 Å². The first-order valence-electron chi connectivity index (χ1n) is 7.44. The number of benzene rings is 2. The lowest BCUT2D eigenvalue weighted by atomic mass is 10.1. The number of carboxylic acids is 1. The second-order valence-electron chi connectivity index (χ2n) is 5.10. The number of aromatic carboxylic acids is 1. The van der Waals surface area contributed by atoms with Crippen molar-refractivity contribution in [1.29, 1.82) is 0 Å². The lowest BCUT2D eigenvalue weighted by Crippen LogP contribution is -2.06. The Labute approximate surface area is 145 Å². The van der Waals surface area contributed by atoms with Crippen LogP contribution in [0.4, 0.5) is 5.69 Å². The molecule has 0 aliphatic heterocycles. The molecule has 0 bridgehead atoms. The van der Waals surface area contributed by atoms with Gasteiger partial charge in [0.15, 0.2) is 0 Å². The molecule has 2 aromatic rings. The average Bonchev–Trinajstić information content (AvgIpc) is 2.65. The van der Waals surface area contributed by atoms with Crippen molar-refractivity contribution >= 4 is 17.4 Å². The Kier molecular flexibility index (Phi) is 5.84. The number of nitrogens with one attached hydrogen (secondary N) is 1. The molecule has 0 fully saturated rings. The van der Waals surface area contributed by atoms with Crippen molar-refractivity contribution in [2.75, 3.05) is 26.8 Å². The zero-order valence-corrected chi connectivity index (χ0v) is 14.5. The van der Waals surface area contributed by atoms with Gasteiger partial charge >= 0.3 is 5.97 Å². The van der Waals surface area contributed by atoms with Gasteiger partial charge in [0.05, 0.1) is 43.9 Å². The highest BCUT2D eigenvalue weighted by molar-refractivity contribution is 6.04. The van der Waals surface area contributed by atoms with Gasteiger partial charge in [-0.3, -0.25) is 5.43 Å². The molecule has 7 heteroatoms. The monoisotopic (exact) mass is 344 g/mol. The third kappa shape index (κ3) is 4.20. The minimum Gasteiger partial charge on any atom is -0.496 e. The van der Waals surface area contributed by atoms with E-state index in [2.05, 4.69) is 10.5 Å². The second-order valence-corrected chi connectivity index (χ2v) is 5.10. The smallest absolute Gasteiger partial charge is 0.335 e. The maximum Gasteiger partial charge on any atom is 0.335 e. The quantitative estimate of drug-likeness (QED) is 0.592. The Bertz CT molecular complexity index is 760. The maximum absolute atomic E-state index is 10.9. The molecule has 7 nitrogen and oxygen atoms in total. The number of rotatable bonds is 7. The lowest BCUT2D eigenvalue weighted by Gasteiger charge is -2.15. The summed E-state index contributed by atoms with van der Waals surface area (Å²) in [5.74, 6) is 0.780. The van der Waals surface area contributed by atoms with Gasteiger partial charge in [0.1, 0.15) is 17.2 Å². The topological polar surface area (TPSA) is 89.4 Å². The predicted octanol–water partition coefficient (Wildman–Crippen LogP) is 3.25. The van der Waals surface area contributed by atoms with Crippen LogP contribution in [0.25, 0.3) is 0 Å². The summed E-state index contributed by atoms with van der Waals surface area (Å²) in [4.78, 5) is 10.9. The van der Waals surface area contributed by atoms with Gasteiger partial charge in [-0.05, 0) is 31.2 Å². The molecular weight excluding hydrogens is 324 g/mol. The summed E-state index contributed by atoms with van der Waals surface area (Å²) in [5.41, 5.74) is 5.10. The van der Waals surface area contributed by atoms with Crippen LogP contribution in [0.15, 0.2) is 41.5 Å². The number of carboxylic acid groups (broad SMARTS) is 1. The first-order chi connectivity index (χ1) is 12.0. The molecule has 2 aromatic carbocycles. The molecule has 0 aliphatic rings. The molecule has 0 saturated carbocycles. The maximum atomic E-state index is 10.9. The van der Waals surface area contributed by atoms with Gasteiger partial charge in [0.25, 0.3) is 0 Å². The van der Waals surface area contributed by atoms with Crippen molar-refractivity contribution in [3.8, 4) is 17.2 Å². The number of ether oxygens (including phenoxy) is 3. The van der Waals surface area contributed by atoms with Crippen LogP contribution >= 0.6 is 0 Å². The second kappa shape index (κ2) is 8.05. The van der Waals surface area contributed by atoms with Gasteiger partial charge < -0.3 is 19.3 Å². The van der Waals surface area contributed by atoms with E-state index in [0.717, 1.165) is 0 Å². The van der Waals surface area contributed by atoms with Gasteiger partial charge in [-0.2, -0.15) is 5.10 Å². The fourth-order valence-electron chi connectivity index (χ4n) is 2.25. The number of anilines is 1. The van der Waals surface area contributed by atoms with Crippen molar-refractivity contribution in [3.05, 3.63) is 47.5 Å². The van der Waals surface area contributed by atoms with Crippen LogP contribution in [0.1, 0.15) is 22.8 Å². The highest BCUT2D eigenvalue weighted by atomic mass is 16.5. The normalized spacial score (nSPS) is 11.0. The zero-order valence-electron chi connectivity index (χ0n) is 14.5. The third-order valence-corrected chi connectivity index (χ3v) is 3.56. The number of methoxy groups -OCH3 is 3. The summed E-state index contributed by atoms with van der Waals surface area (Å²) in [5, 5.41) is 13.2. The van der Waals surface area contributed by atoms with Crippen LogP contribution in [0.5, 0.6) is 17.2 Å². The predicted molar refractivity (Wildman–Crippen MR) is 95.3 cm³/mol. The molecule has 0 spiro atoms.